The third-order valence-corrected chi connectivity index (χ3v) is 6.90. The molecule has 7 nitrogen and oxygen atoms in total. The highest BCUT2D eigenvalue weighted by molar-refractivity contribution is 7.10. The monoisotopic (exact) mass is 403 g/mol. The lowest BCUT2D eigenvalue weighted by Gasteiger charge is -2.33. The van der Waals surface area contributed by atoms with Crippen molar-refractivity contribution in [3.8, 4) is 0 Å². The van der Waals surface area contributed by atoms with E-state index in [0.29, 0.717) is 18.8 Å². The van der Waals surface area contributed by atoms with Crippen LogP contribution in [0.15, 0.2) is 23.7 Å². The largest absolute Gasteiger partial charge is 0.387 e. The van der Waals surface area contributed by atoms with Crippen LogP contribution < -0.4 is 0 Å². The fraction of sp³-hybridized carbons (Fsp3) is 0.650. The molecule has 2 fully saturated rings. The first kappa shape index (κ1) is 19.5. The van der Waals surface area contributed by atoms with Crippen molar-refractivity contribution in [3.63, 3.8) is 0 Å². The number of piperidine rings is 2. The Balaban J connectivity index is 1.26. The van der Waals surface area contributed by atoms with Gasteiger partial charge in [-0.2, -0.15) is 0 Å². The maximum absolute atomic E-state index is 12.8. The summed E-state index contributed by atoms with van der Waals surface area (Å²) in [4.78, 5) is 18.1. The Morgan fingerprint density at radius 1 is 1.18 bits per heavy atom. The minimum absolute atomic E-state index is 0.0479. The van der Waals surface area contributed by atoms with Crippen molar-refractivity contribution in [2.24, 2.45) is 5.92 Å². The summed E-state index contributed by atoms with van der Waals surface area (Å²) in [6.45, 7) is 5.37. The average Bonchev–Trinajstić information content (AvgIpc) is 3.44. The van der Waals surface area contributed by atoms with E-state index in [1.807, 2.05) is 22.4 Å². The smallest absolute Gasteiger partial charge is 0.276 e. The molecule has 4 heterocycles. The number of nitrogens with zero attached hydrogens (tertiary/aromatic N) is 5. The fourth-order valence-electron chi connectivity index (χ4n) is 4.20. The molecular formula is C20H29N5O2S. The number of hydrogen-bond donors (Lipinski definition) is 1. The second kappa shape index (κ2) is 9.15. The van der Waals surface area contributed by atoms with E-state index in [4.69, 9.17) is 0 Å². The summed E-state index contributed by atoms with van der Waals surface area (Å²) in [5, 5.41) is 20.8. The van der Waals surface area contributed by atoms with Gasteiger partial charge in [0.2, 0.25) is 0 Å². The van der Waals surface area contributed by atoms with Crippen molar-refractivity contribution < 1.29 is 9.90 Å². The summed E-state index contributed by atoms with van der Waals surface area (Å²) in [6, 6.07) is 3.95. The Morgan fingerprint density at radius 2 is 1.96 bits per heavy atom. The van der Waals surface area contributed by atoms with Crippen molar-refractivity contribution in [2.75, 3.05) is 32.7 Å². The summed E-state index contributed by atoms with van der Waals surface area (Å²) >= 11 is 1.59. The van der Waals surface area contributed by atoms with E-state index in [9.17, 15) is 9.90 Å². The standard InChI is InChI=1S/C20H29N5O2S/c26-19(18-5-4-14-28-18)16-6-10-24(11-7-16)20(27)17-15-25(22-21-17)13-12-23-8-2-1-3-9-23/h4-5,14-16,19,26H,1-3,6-13H2/t19-/m1/s1. The minimum atomic E-state index is -0.423. The van der Waals surface area contributed by atoms with Crippen LogP contribution in [0.25, 0.3) is 0 Å². The predicted molar refractivity (Wildman–Crippen MR) is 108 cm³/mol. The molecular weight excluding hydrogens is 374 g/mol. The highest BCUT2D eigenvalue weighted by atomic mass is 32.1. The normalized spacial score (nSPS) is 20.4. The molecule has 4 rings (SSSR count). The molecule has 2 saturated heterocycles. The van der Waals surface area contributed by atoms with Crippen LogP contribution in [0.3, 0.4) is 0 Å². The maximum Gasteiger partial charge on any atom is 0.276 e. The lowest BCUT2D eigenvalue weighted by Crippen LogP contribution is -2.39. The van der Waals surface area contributed by atoms with Gasteiger partial charge in [-0.05, 0) is 56.1 Å². The molecule has 152 valence electrons. The number of aromatic nitrogens is 3. The van der Waals surface area contributed by atoms with Gasteiger partial charge in [0, 0.05) is 24.5 Å². The first-order valence-corrected chi connectivity index (χ1v) is 11.2. The summed E-state index contributed by atoms with van der Waals surface area (Å²) in [7, 11) is 0. The van der Waals surface area contributed by atoms with Crippen molar-refractivity contribution in [2.45, 2.75) is 44.8 Å². The molecule has 0 bridgehead atoms. The Hall–Kier alpha value is -1.77. The molecule has 2 aliphatic heterocycles. The van der Waals surface area contributed by atoms with Crippen LogP contribution in [-0.2, 0) is 6.54 Å². The fourth-order valence-corrected chi connectivity index (χ4v) is 5.01. The van der Waals surface area contributed by atoms with Gasteiger partial charge in [0.05, 0.1) is 18.8 Å². The van der Waals surface area contributed by atoms with E-state index in [1.165, 1.54) is 19.3 Å². The highest BCUT2D eigenvalue weighted by Crippen LogP contribution is 2.33. The summed E-state index contributed by atoms with van der Waals surface area (Å²) in [5.74, 6) is 0.163. The van der Waals surface area contributed by atoms with Crippen LogP contribution in [0.1, 0.15) is 53.6 Å². The van der Waals surface area contributed by atoms with E-state index < -0.39 is 6.10 Å². The van der Waals surface area contributed by atoms with Crippen LogP contribution in [0.2, 0.25) is 0 Å². The van der Waals surface area contributed by atoms with Crippen molar-refractivity contribution in [1.29, 1.82) is 0 Å². The summed E-state index contributed by atoms with van der Waals surface area (Å²) in [6.07, 6.45) is 6.87. The molecule has 0 aromatic carbocycles. The zero-order valence-corrected chi connectivity index (χ0v) is 17.1. The SMILES string of the molecule is O=C(c1cn(CCN2CCCCC2)nn1)N1CCC([C@@H](O)c2cccs2)CC1. The third-order valence-electron chi connectivity index (χ3n) is 5.96. The lowest BCUT2D eigenvalue weighted by atomic mass is 9.90. The molecule has 2 aromatic rings. The lowest BCUT2D eigenvalue weighted by molar-refractivity contribution is 0.0470. The molecule has 0 saturated carbocycles. The molecule has 1 atom stereocenters. The number of aliphatic hydroxyl groups excluding tert-OH is 1. The molecule has 1 N–H and O–H groups in total. The molecule has 0 radical (unpaired) electrons. The van der Waals surface area contributed by atoms with Crippen molar-refractivity contribution in [3.05, 3.63) is 34.3 Å². The van der Waals surface area contributed by atoms with Crippen LogP contribution in [0, 0.1) is 5.92 Å². The molecule has 1 amide bonds. The van der Waals surface area contributed by atoms with Gasteiger partial charge in [-0.25, -0.2) is 0 Å². The molecule has 0 spiro atoms. The van der Waals surface area contributed by atoms with E-state index in [-0.39, 0.29) is 11.8 Å². The second-order valence-corrected chi connectivity index (χ2v) is 8.84. The highest BCUT2D eigenvalue weighted by Gasteiger charge is 2.30. The third kappa shape index (κ3) is 4.61. The zero-order valence-electron chi connectivity index (χ0n) is 16.2. The number of hydrogen-bond acceptors (Lipinski definition) is 6. The number of rotatable bonds is 6. The van der Waals surface area contributed by atoms with Crippen molar-refractivity contribution >= 4 is 17.2 Å². The Kier molecular flexibility index (Phi) is 6.39. The van der Waals surface area contributed by atoms with Gasteiger partial charge >= 0.3 is 0 Å². The quantitative estimate of drug-likeness (QED) is 0.802. The van der Waals surface area contributed by atoms with E-state index in [2.05, 4.69) is 15.2 Å². The van der Waals surface area contributed by atoms with Gasteiger partial charge in [-0.3, -0.25) is 9.48 Å². The van der Waals surface area contributed by atoms with E-state index >= 15 is 0 Å². The number of amides is 1. The first-order valence-electron chi connectivity index (χ1n) is 10.3. The number of likely N-dealkylation sites (tertiary alicyclic amines) is 2. The number of carbonyl (C=O) groups excluding carboxylic acids is 1. The van der Waals surface area contributed by atoms with Gasteiger partial charge in [0.15, 0.2) is 5.69 Å². The zero-order chi connectivity index (χ0) is 19.3. The first-order chi connectivity index (χ1) is 13.7. The maximum atomic E-state index is 12.8. The molecule has 8 heteroatoms. The van der Waals surface area contributed by atoms with E-state index in [1.54, 1.807) is 22.2 Å². The Bertz CT molecular complexity index is 748. The van der Waals surface area contributed by atoms with Gasteiger partial charge in [0.1, 0.15) is 0 Å². The van der Waals surface area contributed by atoms with Crippen LogP contribution in [0.4, 0.5) is 0 Å². The van der Waals surface area contributed by atoms with Gasteiger partial charge < -0.3 is 14.9 Å². The summed E-state index contributed by atoms with van der Waals surface area (Å²) in [5.41, 5.74) is 0.427. The number of aliphatic hydroxyl groups is 1. The molecule has 2 aromatic heterocycles. The summed E-state index contributed by atoms with van der Waals surface area (Å²) < 4.78 is 1.79. The van der Waals surface area contributed by atoms with Crippen molar-refractivity contribution in [1.82, 2.24) is 24.8 Å². The molecule has 2 aliphatic rings. The molecule has 0 unspecified atom stereocenters. The van der Waals surface area contributed by atoms with Gasteiger partial charge in [0.25, 0.3) is 5.91 Å². The van der Waals surface area contributed by atoms with Gasteiger partial charge in [-0.15, -0.1) is 16.4 Å². The van der Waals surface area contributed by atoms with Gasteiger partial charge in [-0.1, -0.05) is 17.7 Å². The van der Waals surface area contributed by atoms with Crippen LogP contribution in [-0.4, -0.2) is 68.5 Å². The van der Waals surface area contributed by atoms with E-state index in [0.717, 1.165) is 43.9 Å². The molecule has 0 aliphatic carbocycles. The number of carbonyl (C=O) groups is 1. The number of thiophene rings is 1. The molecule has 28 heavy (non-hydrogen) atoms. The topological polar surface area (TPSA) is 74.5 Å². The van der Waals surface area contributed by atoms with Crippen LogP contribution >= 0.6 is 11.3 Å². The second-order valence-electron chi connectivity index (χ2n) is 7.86. The predicted octanol–water partition coefficient (Wildman–Crippen LogP) is 2.41. The Labute approximate surface area is 169 Å². The minimum Gasteiger partial charge on any atom is -0.387 e. The van der Waals surface area contributed by atoms with Crippen LogP contribution in [0.5, 0.6) is 0 Å². The average molecular weight is 404 g/mol. The Morgan fingerprint density at radius 3 is 2.68 bits per heavy atom.